The van der Waals surface area contributed by atoms with Gasteiger partial charge in [-0.05, 0) is 26.2 Å². The molecule has 4 nitrogen and oxygen atoms in total. The van der Waals surface area contributed by atoms with Crippen molar-refractivity contribution in [1.82, 2.24) is 15.6 Å². The Hall–Kier alpha value is -0.630. The fourth-order valence-electron chi connectivity index (χ4n) is 1.59. The second kappa shape index (κ2) is 12.0. The average molecular weight is 422 g/mol. The minimum atomic E-state index is 0. The van der Waals surface area contributed by atoms with Crippen LogP contribution in [0.4, 0.5) is 0 Å². The van der Waals surface area contributed by atoms with Crippen LogP contribution in [-0.4, -0.2) is 24.0 Å². The Morgan fingerprint density at radius 1 is 1.43 bits per heavy atom. The van der Waals surface area contributed by atoms with Crippen LogP contribution >= 0.6 is 35.3 Å². The van der Waals surface area contributed by atoms with Gasteiger partial charge in [0.2, 0.25) is 0 Å². The lowest BCUT2D eigenvalue weighted by Gasteiger charge is -2.09. The van der Waals surface area contributed by atoms with Gasteiger partial charge in [-0.15, -0.1) is 35.3 Å². The highest BCUT2D eigenvalue weighted by molar-refractivity contribution is 14.0. The van der Waals surface area contributed by atoms with E-state index in [2.05, 4.69) is 58.9 Å². The zero-order valence-electron chi connectivity index (χ0n) is 13.3. The lowest BCUT2D eigenvalue weighted by molar-refractivity contribution is 0.800. The molecule has 0 aliphatic heterocycles. The molecule has 1 heterocycles. The fourth-order valence-corrected chi connectivity index (χ4v) is 2.47. The fraction of sp³-hybridized carbons (Fsp3) is 0.600. The van der Waals surface area contributed by atoms with Crippen LogP contribution < -0.4 is 10.6 Å². The highest BCUT2D eigenvalue weighted by Crippen LogP contribution is 2.18. The van der Waals surface area contributed by atoms with Gasteiger partial charge < -0.3 is 10.6 Å². The first-order valence-corrected chi connectivity index (χ1v) is 8.13. The van der Waals surface area contributed by atoms with Crippen LogP contribution in [0.1, 0.15) is 50.7 Å². The van der Waals surface area contributed by atoms with E-state index in [9.17, 15) is 0 Å². The van der Waals surface area contributed by atoms with E-state index in [4.69, 9.17) is 0 Å². The Bertz CT molecular complexity index is 441. The van der Waals surface area contributed by atoms with Gasteiger partial charge in [0.1, 0.15) is 5.01 Å². The average Bonchev–Trinajstić information content (AvgIpc) is 2.90. The van der Waals surface area contributed by atoms with E-state index in [1.807, 2.05) is 6.92 Å². The minimum Gasteiger partial charge on any atom is -0.357 e. The van der Waals surface area contributed by atoms with E-state index in [-0.39, 0.29) is 24.0 Å². The van der Waals surface area contributed by atoms with Crippen molar-refractivity contribution in [2.75, 3.05) is 13.1 Å². The molecule has 0 aliphatic carbocycles. The summed E-state index contributed by atoms with van der Waals surface area (Å²) >= 11 is 1.68. The normalized spacial score (nSPS) is 11.8. The van der Waals surface area contributed by atoms with Crippen molar-refractivity contribution in [3.63, 3.8) is 0 Å². The van der Waals surface area contributed by atoms with Crippen LogP contribution in [0.3, 0.4) is 0 Å². The smallest absolute Gasteiger partial charge is 0.191 e. The Balaban J connectivity index is 0.00000400. The molecule has 0 saturated heterocycles. The third-order valence-corrected chi connectivity index (χ3v) is 3.57. The molecule has 0 unspecified atom stereocenters. The van der Waals surface area contributed by atoms with Crippen LogP contribution in [0.15, 0.2) is 22.5 Å². The largest absolute Gasteiger partial charge is 0.357 e. The molecule has 0 aromatic carbocycles. The number of guanidine groups is 1. The maximum Gasteiger partial charge on any atom is 0.191 e. The maximum absolute atomic E-state index is 4.60. The number of halogens is 1. The molecule has 21 heavy (non-hydrogen) atoms. The highest BCUT2D eigenvalue weighted by atomic mass is 127. The van der Waals surface area contributed by atoms with Crippen molar-refractivity contribution < 1.29 is 0 Å². The lowest BCUT2D eigenvalue weighted by atomic mass is 10.2. The van der Waals surface area contributed by atoms with Gasteiger partial charge in [-0.1, -0.05) is 26.0 Å². The molecule has 2 N–H and O–H groups in total. The lowest BCUT2D eigenvalue weighted by Crippen LogP contribution is -2.37. The molecule has 1 aromatic rings. The number of hydrogen-bond donors (Lipinski definition) is 2. The zero-order chi connectivity index (χ0) is 14.8. The highest BCUT2D eigenvalue weighted by Gasteiger charge is 2.05. The third-order valence-electron chi connectivity index (χ3n) is 2.72. The minimum absolute atomic E-state index is 0. The first-order valence-electron chi connectivity index (χ1n) is 7.25. The molecule has 0 amide bonds. The Morgan fingerprint density at radius 3 is 2.76 bits per heavy atom. The molecule has 6 heteroatoms. The zero-order valence-corrected chi connectivity index (χ0v) is 16.5. The molecule has 0 fully saturated rings. The van der Waals surface area contributed by atoms with E-state index in [1.54, 1.807) is 11.3 Å². The summed E-state index contributed by atoms with van der Waals surface area (Å²) in [5.41, 5.74) is 1.16. The Labute approximate surface area is 149 Å². The molecular weight excluding hydrogens is 395 g/mol. The number of thiazole rings is 1. The van der Waals surface area contributed by atoms with Crippen molar-refractivity contribution in [2.24, 2.45) is 4.99 Å². The van der Waals surface area contributed by atoms with E-state index in [0.717, 1.165) is 36.2 Å². The molecule has 120 valence electrons. The number of allylic oxidation sites excluding steroid dienone is 1. The van der Waals surface area contributed by atoms with Gasteiger partial charge >= 0.3 is 0 Å². The number of rotatable bonds is 7. The van der Waals surface area contributed by atoms with Gasteiger partial charge in [-0.2, -0.15) is 0 Å². The first kappa shape index (κ1) is 20.4. The quantitative estimate of drug-likeness (QED) is 0.230. The van der Waals surface area contributed by atoms with Crippen molar-refractivity contribution in [3.8, 4) is 0 Å². The summed E-state index contributed by atoms with van der Waals surface area (Å²) < 4.78 is 0. The van der Waals surface area contributed by atoms with Gasteiger partial charge in [0, 0.05) is 18.5 Å². The summed E-state index contributed by atoms with van der Waals surface area (Å²) in [5.74, 6) is 1.34. The summed E-state index contributed by atoms with van der Waals surface area (Å²) in [5, 5.41) is 9.77. The van der Waals surface area contributed by atoms with E-state index in [0.29, 0.717) is 12.5 Å². The number of aromatic nitrogens is 1. The third kappa shape index (κ3) is 8.40. The van der Waals surface area contributed by atoms with E-state index >= 15 is 0 Å². The Morgan fingerprint density at radius 2 is 2.19 bits per heavy atom. The molecule has 1 aromatic heterocycles. The monoisotopic (exact) mass is 422 g/mol. The molecule has 0 radical (unpaired) electrons. The standard InChI is InChI=1S/C15H26N4S.HI/c1-5-7-8-9-17-15(16-6-2)18-10-14-19-13(11-20-14)12(3)4;/h5,7,11-12H,6,8-10H2,1-4H3,(H2,16,17,18);1H/b7-5+;. The molecule has 0 saturated carbocycles. The molecule has 0 spiro atoms. The molecule has 0 atom stereocenters. The molecule has 0 aliphatic rings. The summed E-state index contributed by atoms with van der Waals surface area (Å²) in [6.07, 6.45) is 5.22. The molecular formula is C15H27IN4S. The van der Waals surface area contributed by atoms with Gasteiger partial charge in [0.15, 0.2) is 5.96 Å². The predicted octanol–water partition coefficient (Wildman–Crippen LogP) is 3.91. The van der Waals surface area contributed by atoms with Crippen LogP contribution in [0, 0.1) is 0 Å². The molecule has 0 bridgehead atoms. The van der Waals surface area contributed by atoms with Crippen molar-refractivity contribution in [2.45, 2.75) is 46.6 Å². The SMILES string of the molecule is C/C=C/CCNC(=NCc1nc(C(C)C)cs1)NCC.I. The first-order chi connectivity index (χ1) is 9.67. The van der Waals surface area contributed by atoms with E-state index in [1.165, 1.54) is 0 Å². The van der Waals surface area contributed by atoms with E-state index < -0.39 is 0 Å². The van der Waals surface area contributed by atoms with Crippen molar-refractivity contribution in [3.05, 3.63) is 28.2 Å². The maximum atomic E-state index is 4.60. The number of hydrogen-bond acceptors (Lipinski definition) is 3. The topological polar surface area (TPSA) is 49.3 Å². The second-order valence-electron chi connectivity index (χ2n) is 4.80. The summed E-state index contributed by atoms with van der Waals surface area (Å²) in [6.45, 7) is 10.8. The van der Waals surface area contributed by atoms with Crippen LogP contribution in [-0.2, 0) is 6.54 Å². The second-order valence-corrected chi connectivity index (χ2v) is 5.74. The number of aliphatic imine (C=N–C) groups is 1. The number of nitrogens with zero attached hydrogens (tertiary/aromatic N) is 2. The van der Waals surface area contributed by atoms with Crippen molar-refractivity contribution >= 4 is 41.3 Å². The van der Waals surface area contributed by atoms with Gasteiger partial charge in [0.05, 0.1) is 12.2 Å². The molecule has 1 rings (SSSR count). The number of nitrogens with one attached hydrogen (secondary N) is 2. The van der Waals surface area contributed by atoms with Gasteiger partial charge in [-0.3, -0.25) is 0 Å². The summed E-state index contributed by atoms with van der Waals surface area (Å²) in [6, 6.07) is 0. The Kier molecular flexibility index (Phi) is 11.6. The van der Waals surface area contributed by atoms with Crippen LogP contribution in [0.25, 0.3) is 0 Å². The van der Waals surface area contributed by atoms with Crippen LogP contribution in [0.5, 0.6) is 0 Å². The van der Waals surface area contributed by atoms with Crippen LogP contribution in [0.2, 0.25) is 0 Å². The van der Waals surface area contributed by atoms with Gasteiger partial charge in [0.25, 0.3) is 0 Å². The van der Waals surface area contributed by atoms with Gasteiger partial charge in [-0.25, -0.2) is 9.98 Å². The summed E-state index contributed by atoms with van der Waals surface area (Å²) in [4.78, 5) is 9.17. The van der Waals surface area contributed by atoms with Crippen molar-refractivity contribution in [1.29, 1.82) is 0 Å². The summed E-state index contributed by atoms with van der Waals surface area (Å²) in [7, 11) is 0. The predicted molar refractivity (Wildman–Crippen MR) is 104 cm³/mol.